The highest BCUT2D eigenvalue weighted by atomic mass is 35.5. The lowest BCUT2D eigenvalue weighted by atomic mass is 10.1. The number of carbonyl (C=O) groups is 1. The molecule has 6 nitrogen and oxygen atoms in total. The van der Waals surface area contributed by atoms with Crippen LogP contribution in [0.5, 0.6) is 0 Å². The molecule has 7 heteroatoms. The zero-order chi connectivity index (χ0) is 15.5. The van der Waals surface area contributed by atoms with Gasteiger partial charge in [0.15, 0.2) is 0 Å². The Balaban J connectivity index is 0.00000192. The van der Waals surface area contributed by atoms with Crippen LogP contribution in [0, 0.1) is 0 Å². The standard InChI is InChI=1S/C16H20N4O2.ClH/c1-2-8-19(12-6-7-17-10-12)15(21)13-11-18-14-5-3-4-9-20(14)16(13)22;/h3-5,9,11-12,17H,2,6-8,10H2,1H3;1H. The number of amides is 1. The second kappa shape index (κ2) is 7.57. The quantitative estimate of drug-likeness (QED) is 0.914. The molecule has 0 aromatic carbocycles. The lowest BCUT2D eigenvalue weighted by Crippen LogP contribution is -2.44. The van der Waals surface area contributed by atoms with Crippen molar-refractivity contribution in [2.75, 3.05) is 19.6 Å². The predicted molar refractivity (Wildman–Crippen MR) is 91.3 cm³/mol. The number of fused-ring (bicyclic) bond motifs is 1. The van der Waals surface area contributed by atoms with Gasteiger partial charge in [-0.3, -0.25) is 14.0 Å². The fourth-order valence-corrected chi connectivity index (χ4v) is 2.92. The van der Waals surface area contributed by atoms with E-state index in [1.165, 1.54) is 10.6 Å². The molecule has 1 saturated heterocycles. The lowest BCUT2D eigenvalue weighted by Gasteiger charge is -2.28. The molecule has 1 fully saturated rings. The van der Waals surface area contributed by atoms with Crippen LogP contribution in [0.25, 0.3) is 5.65 Å². The molecule has 3 rings (SSSR count). The molecular weight excluding hydrogens is 316 g/mol. The Morgan fingerprint density at radius 1 is 1.48 bits per heavy atom. The van der Waals surface area contributed by atoms with Crippen molar-refractivity contribution in [1.29, 1.82) is 0 Å². The van der Waals surface area contributed by atoms with E-state index in [0.29, 0.717) is 12.2 Å². The van der Waals surface area contributed by atoms with Crippen LogP contribution >= 0.6 is 12.4 Å². The van der Waals surface area contributed by atoms with Crippen LogP contribution in [0.1, 0.15) is 30.1 Å². The van der Waals surface area contributed by atoms with E-state index in [0.717, 1.165) is 25.9 Å². The fourth-order valence-electron chi connectivity index (χ4n) is 2.92. The normalized spacial score (nSPS) is 17.0. The molecule has 1 aliphatic rings. The smallest absolute Gasteiger partial charge is 0.270 e. The first-order chi connectivity index (χ1) is 10.7. The Morgan fingerprint density at radius 3 is 3.00 bits per heavy atom. The molecule has 1 atom stereocenters. The Morgan fingerprint density at radius 2 is 2.30 bits per heavy atom. The van der Waals surface area contributed by atoms with Crippen LogP contribution in [0.4, 0.5) is 0 Å². The summed E-state index contributed by atoms with van der Waals surface area (Å²) >= 11 is 0. The van der Waals surface area contributed by atoms with E-state index in [-0.39, 0.29) is 35.5 Å². The summed E-state index contributed by atoms with van der Waals surface area (Å²) in [6.07, 6.45) is 4.84. The maximum atomic E-state index is 12.8. The molecule has 1 amide bonds. The number of halogens is 1. The van der Waals surface area contributed by atoms with Gasteiger partial charge in [-0.05, 0) is 31.5 Å². The number of hydrogen-bond donors (Lipinski definition) is 1. The largest absolute Gasteiger partial charge is 0.334 e. The molecule has 0 aliphatic carbocycles. The van der Waals surface area contributed by atoms with Gasteiger partial charge in [0.25, 0.3) is 11.5 Å². The number of hydrogen-bond acceptors (Lipinski definition) is 4. The third-order valence-electron chi connectivity index (χ3n) is 4.04. The Hall–Kier alpha value is -1.92. The van der Waals surface area contributed by atoms with Gasteiger partial charge in [-0.2, -0.15) is 0 Å². The van der Waals surface area contributed by atoms with E-state index in [1.807, 2.05) is 17.9 Å². The van der Waals surface area contributed by atoms with E-state index in [9.17, 15) is 9.59 Å². The van der Waals surface area contributed by atoms with Gasteiger partial charge in [0.2, 0.25) is 0 Å². The second-order valence-corrected chi connectivity index (χ2v) is 5.55. The first-order valence-electron chi connectivity index (χ1n) is 7.70. The summed E-state index contributed by atoms with van der Waals surface area (Å²) in [6.45, 7) is 4.39. The number of carbonyl (C=O) groups excluding carboxylic acids is 1. The molecule has 23 heavy (non-hydrogen) atoms. The zero-order valence-corrected chi connectivity index (χ0v) is 13.9. The van der Waals surface area contributed by atoms with Gasteiger partial charge < -0.3 is 10.2 Å². The molecule has 1 N–H and O–H groups in total. The third kappa shape index (κ3) is 3.38. The first-order valence-corrected chi connectivity index (χ1v) is 7.70. The van der Waals surface area contributed by atoms with Gasteiger partial charge in [0.1, 0.15) is 11.2 Å². The average molecular weight is 337 g/mol. The zero-order valence-electron chi connectivity index (χ0n) is 13.1. The highest BCUT2D eigenvalue weighted by molar-refractivity contribution is 5.94. The minimum atomic E-state index is -0.303. The number of nitrogens with zero attached hydrogens (tertiary/aromatic N) is 3. The summed E-state index contributed by atoms with van der Waals surface area (Å²) in [7, 11) is 0. The maximum absolute atomic E-state index is 12.8. The van der Waals surface area contributed by atoms with Gasteiger partial charge >= 0.3 is 0 Å². The summed E-state index contributed by atoms with van der Waals surface area (Å²) in [5.41, 5.74) is 0.389. The highest BCUT2D eigenvalue weighted by Gasteiger charge is 2.28. The molecule has 0 saturated carbocycles. The number of nitrogens with one attached hydrogen (secondary N) is 1. The van der Waals surface area contributed by atoms with Crippen molar-refractivity contribution in [2.24, 2.45) is 0 Å². The second-order valence-electron chi connectivity index (χ2n) is 5.55. The van der Waals surface area contributed by atoms with Crippen LogP contribution in [0.3, 0.4) is 0 Å². The number of aromatic nitrogens is 2. The minimum absolute atomic E-state index is 0. The summed E-state index contributed by atoms with van der Waals surface area (Å²) in [5.74, 6) is -0.216. The number of rotatable bonds is 4. The molecule has 0 spiro atoms. The van der Waals surface area contributed by atoms with Crippen LogP contribution in [-0.2, 0) is 0 Å². The van der Waals surface area contributed by atoms with E-state index in [2.05, 4.69) is 10.3 Å². The summed E-state index contributed by atoms with van der Waals surface area (Å²) < 4.78 is 1.42. The molecular formula is C16H21ClN4O2. The maximum Gasteiger partial charge on any atom is 0.270 e. The monoisotopic (exact) mass is 336 g/mol. The van der Waals surface area contributed by atoms with Crippen molar-refractivity contribution in [2.45, 2.75) is 25.8 Å². The molecule has 2 aromatic rings. The summed E-state index contributed by atoms with van der Waals surface area (Å²) in [5, 5.41) is 3.27. The Kier molecular flexibility index (Phi) is 5.74. The average Bonchev–Trinajstić information content (AvgIpc) is 3.07. The van der Waals surface area contributed by atoms with Crippen molar-refractivity contribution < 1.29 is 4.79 Å². The van der Waals surface area contributed by atoms with E-state index in [4.69, 9.17) is 0 Å². The molecule has 124 valence electrons. The van der Waals surface area contributed by atoms with Crippen LogP contribution < -0.4 is 10.9 Å². The minimum Gasteiger partial charge on any atom is -0.334 e. The van der Waals surface area contributed by atoms with Crippen molar-refractivity contribution in [1.82, 2.24) is 19.6 Å². The Bertz CT molecular complexity index is 740. The third-order valence-corrected chi connectivity index (χ3v) is 4.04. The van der Waals surface area contributed by atoms with Crippen molar-refractivity contribution in [3.05, 3.63) is 46.5 Å². The van der Waals surface area contributed by atoms with Gasteiger partial charge in [0.05, 0.1) is 0 Å². The molecule has 0 bridgehead atoms. The highest BCUT2D eigenvalue weighted by Crippen LogP contribution is 2.12. The molecule has 1 unspecified atom stereocenters. The molecule has 1 aliphatic heterocycles. The van der Waals surface area contributed by atoms with Crippen molar-refractivity contribution in [3.8, 4) is 0 Å². The fraction of sp³-hybridized carbons (Fsp3) is 0.438. The van der Waals surface area contributed by atoms with Crippen LogP contribution in [-0.4, -0.2) is 45.9 Å². The van der Waals surface area contributed by atoms with Gasteiger partial charge in [-0.25, -0.2) is 4.98 Å². The van der Waals surface area contributed by atoms with Crippen LogP contribution in [0.2, 0.25) is 0 Å². The molecule has 2 aromatic heterocycles. The van der Waals surface area contributed by atoms with E-state index >= 15 is 0 Å². The predicted octanol–water partition coefficient (Wildman–Crippen LogP) is 1.33. The molecule has 0 radical (unpaired) electrons. The van der Waals surface area contributed by atoms with E-state index in [1.54, 1.807) is 18.3 Å². The SMILES string of the molecule is CCCN(C(=O)c1cnc2ccccn2c1=O)C1CCNC1.Cl. The first kappa shape index (κ1) is 17.4. The van der Waals surface area contributed by atoms with E-state index < -0.39 is 0 Å². The van der Waals surface area contributed by atoms with Crippen molar-refractivity contribution in [3.63, 3.8) is 0 Å². The van der Waals surface area contributed by atoms with Crippen molar-refractivity contribution >= 4 is 24.0 Å². The summed E-state index contributed by atoms with van der Waals surface area (Å²) in [4.78, 5) is 31.4. The van der Waals surface area contributed by atoms with Gasteiger partial charge in [0, 0.05) is 31.5 Å². The Labute approximate surface area is 140 Å². The number of pyridine rings is 1. The lowest BCUT2D eigenvalue weighted by molar-refractivity contribution is 0.0690. The summed E-state index contributed by atoms with van der Waals surface area (Å²) in [6, 6.07) is 5.48. The van der Waals surface area contributed by atoms with Crippen LogP contribution in [0.15, 0.2) is 35.4 Å². The molecule has 3 heterocycles. The van der Waals surface area contributed by atoms with Gasteiger partial charge in [-0.1, -0.05) is 13.0 Å². The topological polar surface area (TPSA) is 66.7 Å². The van der Waals surface area contributed by atoms with Gasteiger partial charge in [-0.15, -0.1) is 12.4 Å².